The first-order valence-electron chi connectivity index (χ1n) is 3.49. The minimum atomic E-state index is -0.549. The summed E-state index contributed by atoms with van der Waals surface area (Å²) < 4.78 is 1.37. The van der Waals surface area contributed by atoms with Gasteiger partial charge in [-0.05, 0) is 6.07 Å². The fourth-order valence-corrected chi connectivity index (χ4v) is 1.01. The van der Waals surface area contributed by atoms with Gasteiger partial charge >= 0.3 is 5.69 Å². The summed E-state index contributed by atoms with van der Waals surface area (Å²) in [5.41, 5.74) is -0.336. The van der Waals surface area contributed by atoms with E-state index in [1.54, 1.807) is 12.3 Å². The quantitative estimate of drug-likeness (QED) is 0.747. The van der Waals surface area contributed by atoms with Crippen LogP contribution in [0.5, 0.6) is 0 Å². The highest BCUT2D eigenvalue weighted by atomic mass is 79.9. The van der Waals surface area contributed by atoms with E-state index in [1.807, 2.05) is 0 Å². The molecule has 1 aromatic heterocycles. The number of hydrogen-bond acceptors (Lipinski definition) is 3. The van der Waals surface area contributed by atoms with Crippen LogP contribution in [0.3, 0.4) is 0 Å². The second kappa shape index (κ2) is 4.37. The Kier molecular flexibility index (Phi) is 3.43. The van der Waals surface area contributed by atoms with E-state index < -0.39 is 6.10 Å². The fraction of sp³-hybridized carbons (Fsp3) is 0.429. The molecule has 0 bridgehead atoms. The van der Waals surface area contributed by atoms with E-state index in [0.29, 0.717) is 5.33 Å². The molecule has 0 radical (unpaired) electrons. The predicted octanol–water partition coefficient (Wildman–Crippen LogP) is -0.000900. The van der Waals surface area contributed by atoms with E-state index >= 15 is 0 Å². The van der Waals surface area contributed by atoms with Crippen LogP contribution in [0.15, 0.2) is 23.3 Å². The monoisotopic (exact) mass is 232 g/mol. The van der Waals surface area contributed by atoms with Crippen molar-refractivity contribution < 1.29 is 5.11 Å². The number of hydrogen-bond donors (Lipinski definition) is 1. The smallest absolute Gasteiger partial charge is 0.347 e. The molecule has 0 aliphatic carbocycles. The Morgan fingerprint density at radius 1 is 1.75 bits per heavy atom. The minimum absolute atomic E-state index is 0.276. The van der Waals surface area contributed by atoms with Gasteiger partial charge in [0, 0.05) is 17.7 Å². The molecule has 5 heteroatoms. The molecule has 0 fully saturated rings. The second-order valence-corrected chi connectivity index (χ2v) is 3.01. The third kappa shape index (κ3) is 2.42. The van der Waals surface area contributed by atoms with Crippen molar-refractivity contribution in [1.82, 2.24) is 9.55 Å². The van der Waals surface area contributed by atoms with Gasteiger partial charge in [0.05, 0.1) is 12.6 Å². The number of alkyl halides is 1. The molecule has 12 heavy (non-hydrogen) atoms. The SMILES string of the molecule is O=c1ncccn1CC(O)CBr. The topological polar surface area (TPSA) is 55.1 Å². The van der Waals surface area contributed by atoms with Crippen LogP contribution in [0, 0.1) is 0 Å². The zero-order valence-electron chi connectivity index (χ0n) is 6.35. The van der Waals surface area contributed by atoms with Crippen LogP contribution in [0.25, 0.3) is 0 Å². The number of halogens is 1. The van der Waals surface area contributed by atoms with Crippen molar-refractivity contribution in [2.24, 2.45) is 0 Å². The lowest BCUT2D eigenvalue weighted by atomic mass is 10.4. The van der Waals surface area contributed by atoms with Crippen molar-refractivity contribution in [3.8, 4) is 0 Å². The van der Waals surface area contributed by atoms with Crippen molar-refractivity contribution >= 4 is 15.9 Å². The van der Waals surface area contributed by atoms with Crippen molar-refractivity contribution in [2.75, 3.05) is 5.33 Å². The van der Waals surface area contributed by atoms with Gasteiger partial charge in [-0.2, -0.15) is 0 Å². The molecule has 0 spiro atoms. The van der Waals surface area contributed by atoms with Gasteiger partial charge in [-0.25, -0.2) is 9.78 Å². The molecule has 1 N–H and O–H groups in total. The van der Waals surface area contributed by atoms with Crippen LogP contribution in [-0.4, -0.2) is 26.1 Å². The van der Waals surface area contributed by atoms with Crippen molar-refractivity contribution in [3.05, 3.63) is 28.9 Å². The van der Waals surface area contributed by atoms with Crippen molar-refractivity contribution in [1.29, 1.82) is 0 Å². The van der Waals surface area contributed by atoms with Crippen molar-refractivity contribution in [3.63, 3.8) is 0 Å². The zero-order chi connectivity index (χ0) is 8.97. The Bertz CT molecular complexity index is 299. The first-order valence-corrected chi connectivity index (χ1v) is 4.61. The first-order chi connectivity index (χ1) is 5.74. The summed E-state index contributed by atoms with van der Waals surface area (Å²) in [4.78, 5) is 14.5. The standard InChI is InChI=1S/C7H9BrN2O2/c8-4-6(11)5-10-3-1-2-9-7(10)12/h1-3,6,11H,4-5H2. The summed E-state index contributed by atoms with van der Waals surface area (Å²) in [6.07, 6.45) is 2.48. The Labute approximate surface area is 78.0 Å². The summed E-state index contributed by atoms with van der Waals surface area (Å²) in [5, 5.41) is 9.65. The number of aromatic nitrogens is 2. The average Bonchev–Trinajstić information content (AvgIpc) is 2.09. The van der Waals surface area contributed by atoms with E-state index in [-0.39, 0.29) is 12.2 Å². The Balaban J connectivity index is 2.76. The number of aliphatic hydroxyl groups excluding tert-OH is 1. The predicted molar refractivity (Wildman–Crippen MR) is 48.3 cm³/mol. The lowest BCUT2D eigenvalue weighted by Crippen LogP contribution is -2.28. The maximum Gasteiger partial charge on any atom is 0.347 e. The fourth-order valence-electron chi connectivity index (χ4n) is 0.802. The molecule has 0 aliphatic heterocycles. The average molecular weight is 233 g/mol. The summed E-state index contributed by atoms with van der Waals surface area (Å²) in [7, 11) is 0. The molecular weight excluding hydrogens is 224 g/mol. The Hall–Kier alpha value is -0.680. The van der Waals surface area contributed by atoms with E-state index in [4.69, 9.17) is 0 Å². The number of rotatable bonds is 3. The minimum Gasteiger partial charge on any atom is -0.390 e. The van der Waals surface area contributed by atoms with Gasteiger partial charge in [0.25, 0.3) is 0 Å². The Morgan fingerprint density at radius 3 is 3.08 bits per heavy atom. The molecule has 0 saturated carbocycles. The van der Waals surface area contributed by atoms with Crippen LogP contribution in [0.2, 0.25) is 0 Å². The number of nitrogens with zero attached hydrogens (tertiary/aromatic N) is 2. The highest BCUT2D eigenvalue weighted by Gasteiger charge is 2.03. The molecular formula is C7H9BrN2O2. The van der Waals surface area contributed by atoms with Gasteiger partial charge < -0.3 is 5.11 Å². The van der Waals surface area contributed by atoms with Crippen LogP contribution in [0.1, 0.15) is 0 Å². The summed E-state index contributed by atoms with van der Waals surface area (Å²) >= 11 is 3.11. The van der Waals surface area contributed by atoms with Crippen LogP contribution < -0.4 is 5.69 Å². The third-order valence-corrected chi connectivity index (χ3v) is 2.12. The molecule has 0 amide bonds. The summed E-state index contributed by atoms with van der Waals surface area (Å²) in [6, 6.07) is 1.66. The summed E-state index contributed by atoms with van der Waals surface area (Å²) in [5.74, 6) is 0. The second-order valence-electron chi connectivity index (χ2n) is 2.36. The van der Waals surface area contributed by atoms with Crippen LogP contribution in [-0.2, 0) is 6.54 Å². The molecule has 1 aromatic rings. The maximum absolute atomic E-state index is 11.0. The lowest BCUT2D eigenvalue weighted by molar-refractivity contribution is 0.177. The molecule has 0 saturated heterocycles. The molecule has 1 atom stereocenters. The largest absolute Gasteiger partial charge is 0.390 e. The van der Waals surface area contributed by atoms with E-state index in [0.717, 1.165) is 0 Å². The maximum atomic E-state index is 11.0. The molecule has 1 rings (SSSR count). The van der Waals surface area contributed by atoms with Crippen LogP contribution in [0.4, 0.5) is 0 Å². The van der Waals surface area contributed by atoms with E-state index in [2.05, 4.69) is 20.9 Å². The van der Waals surface area contributed by atoms with E-state index in [1.165, 1.54) is 10.8 Å². The lowest BCUT2D eigenvalue weighted by Gasteiger charge is -2.07. The highest BCUT2D eigenvalue weighted by molar-refractivity contribution is 9.09. The molecule has 0 aliphatic rings. The molecule has 4 nitrogen and oxygen atoms in total. The summed E-state index contributed by atoms with van der Waals surface area (Å²) in [6.45, 7) is 0.276. The highest BCUT2D eigenvalue weighted by Crippen LogP contribution is 1.92. The third-order valence-electron chi connectivity index (χ3n) is 1.37. The van der Waals surface area contributed by atoms with Gasteiger partial charge in [0.15, 0.2) is 0 Å². The zero-order valence-corrected chi connectivity index (χ0v) is 7.94. The van der Waals surface area contributed by atoms with Gasteiger partial charge in [-0.3, -0.25) is 4.57 Å². The molecule has 1 unspecified atom stereocenters. The van der Waals surface area contributed by atoms with Crippen molar-refractivity contribution in [2.45, 2.75) is 12.6 Å². The van der Waals surface area contributed by atoms with Gasteiger partial charge in [-0.1, -0.05) is 15.9 Å². The van der Waals surface area contributed by atoms with Crippen LogP contribution >= 0.6 is 15.9 Å². The van der Waals surface area contributed by atoms with E-state index in [9.17, 15) is 9.90 Å². The normalized spacial score (nSPS) is 12.8. The number of aliphatic hydroxyl groups is 1. The van der Waals surface area contributed by atoms with Gasteiger partial charge in [0.1, 0.15) is 0 Å². The first kappa shape index (κ1) is 9.41. The molecule has 1 heterocycles. The Morgan fingerprint density at radius 2 is 2.50 bits per heavy atom. The molecule has 0 aromatic carbocycles. The van der Waals surface area contributed by atoms with Gasteiger partial charge in [-0.15, -0.1) is 0 Å². The van der Waals surface area contributed by atoms with Gasteiger partial charge in [0.2, 0.25) is 0 Å². The molecule has 66 valence electrons.